The first-order valence-corrected chi connectivity index (χ1v) is 24.3. The number of aliphatic hydroxyl groups excluding tert-OH is 4. The summed E-state index contributed by atoms with van der Waals surface area (Å²) in [5, 5.41) is 45.8. The van der Waals surface area contributed by atoms with Crippen molar-refractivity contribution in [1.82, 2.24) is 30.2 Å². The molecule has 9 atom stereocenters. The number of amides is 2. The Labute approximate surface area is 353 Å². The maximum Gasteiger partial charge on any atom is 0.481 e. The Kier molecular flexibility index (Phi) is 20.3. The van der Waals surface area contributed by atoms with Gasteiger partial charge in [0, 0.05) is 37.1 Å². The number of ether oxygens (including phenoxy) is 1. The molecule has 26 nitrogen and oxygen atoms in total. The molecule has 0 spiro atoms. The van der Waals surface area contributed by atoms with E-state index in [2.05, 4.69) is 34.4 Å². The second kappa shape index (κ2) is 23.4. The number of phosphoric ester groups is 3. The highest BCUT2D eigenvalue weighted by atomic mass is 32.2. The summed E-state index contributed by atoms with van der Waals surface area (Å²) >= 11 is 0.946. The Bertz CT molecular complexity index is 1920. The lowest BCUT2D eigenvalue weighted by atomic mass is 9.87. The lowest BCUT2D eigenvalue weighted by Gasteiger charge is -2.30. The molecule has 3 rings (SSSR count). The number of phosphoric acid groups is 3. The van der Waals surface area contributed by atoms with Crippen LogP contribution >= 0.6 is 35.2 Å². The van der Waals surface area contributed by atoms with Gasteiger partial charge in [-0.2, -0.15) is 4.31 Å². The number of fused-ring (bicyclic) bond motifs is 1. The molecule has 1 aliphatic heterocycles. The average Bonchev–Trinajstić information content (AvgIpc) is 3.72. The highest BCUT2D eigenvalue weighted by Gasteiger charge is 2.50. The van der Waals surface area contributed by atoms with E-state index in [9.17, 15) is 68.1 Å². The quantitative estimate of drug-likeness (QED) is 0.0406. The highest BCUT2D eigenvalue weighted by molar-refractivity contribution is 8.13. The van der Waals surface area contributed by atoms with Gasteiger partial charge in [0.15, 0.2) is 22.8 Å². The molecule has 61 heavy (non-hydrogen) atoms. The Morgan fingerprint density at radius 3 is 2.30 bits per heavy atom. The van der Waals surface area contributed by atoms with Crippen molar-refractivity contribution in [3.8, 4) is 0 Å². The number of anilines is 1. The number of nitrogen functional groups attached to an aromatic ring is 1. The molecule has 1 fully saturated rings. The number of thioether (sulfide) groups is 1. The number of unbranched alkanes of at least 4 members (excludes halogenated alkanes) is 1. The molecule has 3 heterocycles. The van der Waals surface area contributed by atoms with Crippen molar-refractivity contribution in [3.63, 3.8) is 0 Å². The third-order valence-electron chi connectivity index (χ3n) is 8.96. The molecule has 0 radical (unpaired) electrons. The summed E-state index contributed by atoms with van der Waals surface area (Å²) < 4.78 is 62.2. The summed E-state index contributed by atoms with van der Waals surface area (Å²) in [4.78, 5) is 87.9. The average molecular weight is 954 g/mol. The van der Waals surface area contributed by atoms with Gasteiger partial charge in [-0.25, -0.2) is 28.6 Å². The van der Waals surface area contributed by atoms with Crippen molar-refractivity contribution in [2.75, 3.05) is 37.8 Å². The number of hydrogen-bond acceptors (Lipinski definition) is 20. The molecular formula is C31H54N7O19P3S. The minimum Gasteiger partial charge on any atom is -0.393 e. The number of nitrogens with one attached hydrogen (secondary N) is 2. The fourth-order valence-electron chi connectivity index (χ4n) is 5.61. The molecule has 0 bridgehead atoms. The first-order chi connectivity index (χ1) is 28.3. The van der Waals surface area contributed by atoms with Crippen LogP contribution in [0.15, 0.2) is 12.7 Å². The van der Waals surface area contributed by atoms with Crippen LogP contribution < -0.4 is 16.4 Å². The van der Waals surface area contributed by atoms with Crippen LogP contribution in [0.2, 0.25) is 0 Å². The number of nitrogens with two attached hydrogens (primary N) is 1. The number of aromatic nitrogens is 4. The Hall–Kier alpha value is -2.52. The highest BCUT2D eigenvalue weighted by Crippen LogP contribution is 2.61. The largest absolute Gasteiger partial charge is 0.481 e. The minimum atomic E-state index is -5.59. The van der Waals surface area contributed by atoms with Gasteiger partial charge < -0.3 is 61.1 Å². The Morgan fingerprint density at radius 1 is 0.984 bits per heavy atom. The molecule has 0 aliphatic carbocycles. The first kappa shape index (κ1) is 52.8. The summed E-state index contributed by atoms with van der Waals surface area (Å²) in [6, 6.07) is 0. The van der Waals surface area contributed by atoms with Crippen LogP contribution in [0.25, 0.3) is 11.2 Å². The second-order valence-electron chi connectivity index (χ2n) is 14.5. The van der Waals surface area contributed by atoms with Gasteiger partial charge in [0.1, 0.15) is 36.3 Å². The van der Waals surface area contributed by atoms with Gasteiger partial charge in [-0.05, 0) is 19.3 Å². The molecular weight excluding hydrogens is 899 g/mol. The van der Waals surface area contributed by atoms with Crippen molar-refractivity contribution in [2.24, 2.45) is 5.41 Å². The predicted octanol–water partition coefficient (Wildman–Crippen LogP) is -0.253. The molecule has 348 valence electrons. The standard InChI is InChI=1S/C31H54N7O19P3S/c1-4-18(39)7-5-6-8-19(40)13-22(42)61-12-11-33-21(41)9-10-34-29(45)26(44)31(2,3)15-54-60(51,52)57-59(49,50)53-14-20-25(56-58(46,47)48)24(43)30(55-20)38-17-37-23-27(32)35-16-36-28(23)38/h16-20,24-26,30,39-40,43-44H,4-15H2,1-3H3,(H,33,41)(H,34,45)(H,49,50)(H,51,52)(H2,32,35,36)(H2,46,47,48). The van der Waals surface area contributed by atoms with Gasteiger partial charge in [0.25, 0.3) is 0 Å². The van der Waals surface area contributed by atoms with Crippen molar-refractivity contribution < 1.29 is 90.7 Å². The van der Waals surface area contributed by atoms with Crippen molar-refractivity contribution in [3.05, 3.63) is 12.7 Å². The molecule has 0 aromatic carbocycles. The van der Waals surface area contributed by atoms with E-state index in [1.54, 1.807) is 0 Å². The van der Waals surface area contributed by atoms with Crippen LogP contribution in [0.5, 0.6) is 0 Å². The SMILES string of the molecule is CCC(O)CCCCC(O)CC(=O)SCCNC(=O)CCNC(=O)C(O)C(C)(C)COP(=O)(O)OP(=O)(O)OCC1OC(n2cnc3c(N)ncnc32)C(O)C1OP(=O)(O)O. The fraction of sp³-hybridized carbons (Fsp3) is 0.742. The number of imidazole rings is 1. The molecule has 12 N–H and O–H groups in total. The molecule has 0 saturated carbocycles. The van der Waals surface area contributed by atoms with Crippen molar-refractivity contribution >= 4 is 69.1 Å². The van der Waals surface area contributed by atoms with E-state index in [0.29, 0.717) is 25.7 Å². The number of aliphatic hydroxyl groups is 4. The number of nitrogens with zero attached hydrogens (tertiary/aromatic N) is 4. The van der Waals surface area contributed by atoms with Gasteiger partial charge in [-0.15, -0.1) is 0 Å². The fourth-order valence-corrected chi connectivity index (χ4v) is 9.18. The van der Waals surface area contributed by atoms with E-state index >= 15 is 0 Å². The molecule has 2 amide bonds. The van der Waals surface area contributed by atoms with Crippen LogP contribution in [0, 0.1) is 5.41 Å². The summed E-state index contributed by atoms with van der Waals surface area (Å²) in [5.74, 6) is -1.30. The van der Waals surface area contributed by atoms with Crippen LogP contribution in [-0.4, -0.2) is 145 Å². The third-order valence-corrected chi connectivity index (χ3v) is 13.0. The first-order valence-electron chi connectivity index (χ1n) is 18.8. The Morgan fingerprint density at radius 2 is 1.64 bits per heavy atom. The van der Waals surface area contributed by atoms with Gasteiger partial charge in [0.2, 0.25) is 11.8 Å². The topological polar surface area (TPSA) is 404 Å². The molecule has 9 unspecified atom stereocenters. The number of rotatable bonds is 27. The zero-order valence-corrected chi connectivity index (χ0v) is 36.9. The van der Waals surface area contributed by atoms with Crippen LogP contribution in [0.1, 0.15) is 71.9 Å². The van der Waals surface area contributed by atoms with E-state index < -0.39 is 90.7 Å². The molecule has 30 heteroatoms. The lowest BCUT2D eigenvalue weighted by Crippen LogP contribution is -2.46. The second-order valence-corrected chi connectivity index (χ2v) is 19.9. The summed E-state index contributed by atoms with van der Waals surface area (Å²) in [6.45, 7) is 2.19. The van der Waals surface area contributed by atoms with Crippen LogP contribution in [-0.2, 0) is 50.7 Å². The van der Waals surface area contributed by atoms with E-state index in [-0.39, 0.29) is 59.9 Å². The van der Waals surface area contributed by atoms with Gasteiger partial charge in [-0.1, -0.05) is 45.4 Å². The van der Waals surface area contributed by atoms with Gasteiger partial charge in [0.05, 0.1) is 31.7 Å². The van der Waals surface area contributed by atoms with Crippen LogP contribution in [0.4, 0.5) is 5.82 Å². The number of carbonyl (C=O) groups is 3. The Balaban J connectivity index is 1.41. The van der Waals surface area contributed by atoms with E-state index in [4.69, 9.17) is 19.5 Å². The van der Waals surface area contributed by atoms with E-state index in [0.717, 1.165) is 35.4 Å². The number of hydrogen-bond donors (Lipinski definition) is 11. The maximum atomic E-state index is 12.7. The minimum absolute atomic E-state index is 0.0231. The molecule has 2 aromatic rings. The summed E-state index contributed by atoms with van der Waals surface area (Å²) in [5.41, 5.74) is 4.22. The molecule has 2 aromatic heterocycles. The summed E-state index contributed by atoms with van der Waals surface area (Å²) in [6.07, 6.45) is -5.11. The van der Waals surface area contributed by atoms with E-state index in [1.807, 2.05) is 6.92 Å². The third kappa shape index (κ3) is 17.5. The lowest BCUT2D eigenvalue weighted by molar-refractivity contribution is -0.137. The zero-order chi connectivity index (χ0) is 45.8. The number of carbonyl (C=O) groups excluding carboxylic acids is 3. The smallest absolute Gasteiger partial charge is 0.393 e. The van der Waals surface area contributed by atoms with Crippen molar-refractivity contribution in [2.45, 2.75) is 109 Å². The van der Waals surface area contributed by atoms with Crippen LogP contribution in [0.3, 0.4) is 0 Å². The van der Waals surface area contributed by atoms with E-state index in [1.165, 1.54) is 13.8 Å². The molecule has 1 aliphatic rings. The predicted molar refractivity (Wildman–Crippen MR) is 212 cm³/mol. The monoisotopic (exact) mass is 953 g/mol. The van der Waals surface area contributed by atoms with Gasteiger partial charge >= 0.3 is 23.5 Å². The summed E-state index contributed by atoms with van der Waals surface area (Å²) in [7, 11) is -16.4. The zero-order valence-electron chi connectivity index (χ0n) is 33.4. The normalized spacial score (nSPS) is 22.0. The maximum absolute atomic E-state index is 12.7. The van der Waals surface area contributed by atoms with Gasteiger partial charge in [-0.3, -0.25) is 32.5 Å². The van der Waals surface area contributed by atoms with Crippen molar-refractivity contribution in [1.29, 1.82) is 0 Å². The molecule has 1 saturated heterocycles.